The molecule has 30 heavy (non-hydrogen) atoms. The Balaban J connectivity index is 1.33. The largest absolute Gasteiger partial charge is 0.455 e. The van der Waals surface area contributed by atoms with E-state index in [9.17, 15) is 10.1 Å². The summed E-state index contributed by atoms with van der Waals surface area (Å²) in [5, 5.41) is 10.9. The van der Waals surface area contributed by atoms with E-state index in [1.54, 1.807) is 29.2 Å². The van der Waals surface area contributed by atoms with Crippen molar-refractivity contribution >= 4 is 5.69 Å². The van der Waals surface area contributed by atoms with E-state index in [4.69, 9.17) is 4.42 Å². The molecule has 2 unspecified atom stereocenters. The molecule has 1 saturated carbocycles. The summed E-state index contributed by atoms with van der Waals surface area (Å²) >= 11 is 0. The number of nitrogens with zero attached hydrogens (tertiary/aromatic N) is 1. The van der Waals surface area contributed by atoms with Gasteiger partial charge in [0.05, 0.1) is 11.5 Å². The van der Waals surface area contributed by atoms with Gasteiger partial charge in [-0.25, -0.2) is 0 Å². The van der Waals surface area contributed by atoms with E-state index < -0.39 is 0 Å². The Labute approximate surface area is 178 Å². The van der Waals surface area contributed by atoms with Crippen LogP contribution in [0.15, 0.2) is 40.8 Å². The molecule has 0 radical (unpaired) electrons. The molecule has 6 heteroatoms. The summed E-state index contributed by atoms with van der Waals surface area (Å²) in [6, 6.07) is 12.4. The van der Waals surface area contributed by atoms with Crippen LogP contribution in [-0.2, 0) is 6.54 Å². The van der Waals surface area contributed by atoms with Crippen LogP contribution in [0.4, 0.5) is 5.69 Å². The van der Waals surface area contributed by atoms with Crippen molar-refractivity contribution in [1.29, 1.82) is 0 Å². The first-order valence-corrected chi connectivity index (χ1v) is 11.7. The molecule has 160 valence electrons. The van der Waals surface area contributed by atoms with Gasteiger partial charge in [-0.05, 0) is 37.1 Å². The van der Waals surface area contributed by atoms with Gasteiger partial charge >= 0.3 is 0 Å². The first-order chi connectivity index (χ1) is 14.7. The molecule has 5 rings (SSSR count). The van der Waals surface area contributed by atoms with Crippen molar-refractivity contribution in [2.24, 2.45) is 5.92 Å². The lowest BCUT2D eigenvalue weighted by atomic mass is 9.78. The van der Waals surface area contributed by atoms with Gasteiger partial charge in [0.1, 0.15) is 37.5 Å². The summed E-state index contributed by atoms with van der Waals surface area (Å²) in [5.41, 5.74) is 1.01. The average Bonchev–Trinajstić information content (AvgIpc) is 3.44. The second-order valence-electron chi connectivity index (χ2n) is 9.49. The first kappa shape index (κ1) is 19.8. The van der Waals surface area contributed by atoms with Crippen molar-refractivity contribution in [2.75, 3.05) is 19.6 Å². The standard InChI is InChI=1S/C24H31N3O3/c28-27(29)20-10-8-18(9-11-20)23-13-12-21(30-23)17-26-16-15-25-14-4-7-22(25)24(26)19-5-2-1-3-6-19/h8-13,19,22,24H,1-7,14-17H2/p+2/t22-,24+/m1/s1. The predicted octanol–water partition coefficient (Wildman–Crippen LogP) is 2.25. The van der Waals surface area contributed by atoms with Crippen LogP contribution in [0, 0.1) is 16.0 Å². The molecule has 2 aliphatic heterocycles. The Bertz CT molecular complexity index is 872. The SMILES string of the molecule is O=[N+]([O-])c1ccc(-c2ccc(C[NH+]3CC[NH+]4CCC[C@@H]4[C@@H]3C3CCCCC3)o2)cc1. The first-order valence-electron chi connectivity index (χ1n) is 11.7. The number of quaternary nitrogens is 2. The third-order valence-corrected chi connectivity index (χ3v) is 7.79. The van der Waals surface area contributed by atoms with Crippen molar-refractivity contribution in [2.45, 2.75) is 63.6 Å². The molecule has 1 aromatic carbocycles. The van der Waals surface area contributed by atoms with Gasteiger partial charge in [0.2, 0.25) is 0 Å². The number of rotatable bonds is 5. The minimum absolute atomic E-state index is 0.113. The molecule has 2 aromatic rings. The van der Waals surface area contributed by atoms with Crippen LogP contribution in [-0.4, -0.2) is 36.6 Å². The molecular formula is C24H33N3O3+2. The van der Waals surface area contributed by atoms with Crippen molar-refractivity contribution in [3.05, 3.63) is 52.3 Å². The number of piperazine rings is 1. The quantitative estimate of drug-likeness (QED) is 0.586. The van der Waals surface area contributed by atoms with Crippen molar-refractivity contribution < 1.29 is 19.1 Å². The molecule has 3 fully saturated rings. The zero-order valence-corrected chi connectivity index (χ0v) is 17.6. The van der Waals surface area contributed by atoms with Crippen LogP contribution in [0.2, 0.25) is 0 Å². The highest BCUT2D eigenvalue weighted by molar-refractivity contribution is 5.59. The monoisotopic (exact) mass is 411 g/mol. The van der Waals surface area contributed by atoms with Crippen LogP contribution >= 0.6 is 0 Å². The fraction of sp³-hybridized carbons (Fsp3) is 0.583. The number of hydrogen-bond donors (Lipinski definition) is 2. The number of furan rings is 1. The van der Waals surface area contributed by atoms with Crippen LogP contribution in [0.25, 0.3) is 11.3 Å². The Hall–Kier alpha value is -2.18. The van der Waals surface area contributed by atoms with Crippen molar-refractivity contribution in [1.82, 2.24) is 0 Å². The van der Waals surface area contributed by atoms with E-state index in [2.05, 4.69) is 6.07 Å². The van der Waals surface area contributed by atoms with Gasteiger partial charge in [-0.15, -0.1) is 0 Å². The highest BCUT2D eigenvalue weighted by atomic mass is 16.6. The number of non-ortho nitro benzene ring substituents is 1. The summed E-state index contributed by atoms with van der Waals surface area (Å²) in [5.74, 6) is 2.72. The van der Waals surface area contributed by atoms with Crippen LogP contribution < -0.4 is 9.80 Å². The molecule has 0 bridgehead atoms. The fourth-order valence-corrected chi connectivity index (χ4v) is 6.42. The summed E-state index contributed by atoms with van der Waals surface area (Å²) in [6.45, 7) is 4.85. The summed E-state index contributed by atoms with van der Waals surface area (Å²) in [4.78, 5) is 14.1. The molecule has 6 nitrogen and oxygen atoms in total. The molecule has 4 atom stereocenters. The lowest BCUT2D eigenvalue weighted by Gasteiger charge is -2.43. The zero-order chi connectivity index (χ0) is 20.5. The molecular weight excluding hydrogens is 378 g/mol. The van der Waals surface area contributed by atoms with Gasteiger partial charge in [0.15, 0.2) is 5.76 Å². The highest BCUT2D eigenvalue weighted by Gasteiger charge is 2.49. The van der Waals surface area contributed by atoms with Gasteiger partial charge in [-0.2, -0.15) is 0 Å². The second-order valence-corrected chi connectivity index (χ2v) is 9.49. The lowest BCUT2D eigenvalue weighted by Crippen LogP contribution is -3.32. The summed E-state index contributed by atoms with van der Waals surface area (Å²) < 4.78 is 6.22. The Morgan fingerprint density at radius 3 is 2.50 bits per heavy atom. The van der Waals surface area contributed by atoms with Crippen LogP contribution in [0.5, 0.6) is 0 Å². The topological polar surface area (TPSA) is 65.2 Å². The molecule has 1 aromatic heterocycles. The third kappa shape index (κ3) is 3.91. The Kier molecular flexibility index (Phi) is 5.61. The van der Waals surface area contributed by atoms with E-state index >= 15 is 0 Å². The van der Waals surface area contributed by atoms with E-state index in [1.807, 2.05) is 11.0 Å². The number of fused-ring (bicyclic) bond motifs is 1. The molecule has 3 heterocycles. The maximum atomic E-state index is 10.9. The number of nitrogens with one attached hydrogen (secondary N) is 2. The minimum atomic E-state index is -0.364. The van der Waals surface area contributed by atoms with Gasteiger partial charge in [0.25, 0.3) is 5.69 Å². The number of nitro benzene ring substituents is 1. The Morgan fingerprint density at radius 2 is 1.73 bits per heavy atom. The van der Waals surface area contributed by atoms with Crippen molar-refractivity contribution in [3.8, 4) is 11.3 Å². The van der Waals surface area contributed by atoms with Gasteiger partial charge in [-0.3, -0.25) is 10.1 Å². The van der Waals surface area contributed by atoms with E-state index in [1.165, 1.54) is 64.6 Å². The molecule has 2 saturated heterocycles. The lowest BCUT2D eigenvalue weighted by molar-refractivity contribution is -1.05. The van der Waals surface area contributed by atoms with E-state index in [-0.39, 0.29) is 10.6 Å². The molecule has 1 aliphatic carbocycles. The molecule has 2 N–H and O–H groups in total. The molecule has 0 amide bonds. The maximum absolute atomic E-state index is 10.9. The van der Waals surface area contributed by atoms with Crippen molar-refractivity contribution in [3.63, 3.8) is 0 Å². The third-order valence-electron chi connectivity index (χ3n) is 7.79. The molecule has 3 aliphatic rings. The number of benzene rings is 1. The van der Waals surface area contributed by atoms with Gasteiger partial charge in [0, 0.05) is 36.5 Å². The van der Waals surface area contributed by atoms with Crippen LogP contribution in [0.1, 0.15) is 50.7 Å². The zero-order valence-electron chi connectivity index (χ0n) is 17.6. The number of hydrogen-bond acceptors (Lipinski definition) is 3. The normalized spacial score (nSPS) is 29.6. The second kappa shape index (κ2) is 8.52. The smallest absolute Gasteiger partial charge is 0.269 e. The summed E-state index contributed by atoms with van der Waals surface area (Å²) in [6.07, 6.45) is 9.82. The van der Waals surface area contributed by atoms with E-state index in [0.717, 1.165) is 41.6 Å². The van der Waals surface area contributed by atoms with Crippen LogP contribution in [0.3, 0.4) is 0 Å². The predicted molar refractivity (Wildman–Crippen MR) is 114 cm³/mol. The molecule has 0 spiro atoms. The maximum Gasteiger partial charge on any atom is 0.269 e. The number of nitro groups is 1. The minimum Gasteiger partial charge on any atom is -0.455 e. The van der Waals surface area contributed by atoms with E-state index in [0.29, 0.717) is 0 Å². The average molecular weight is 412 g/mol. The summed E-state index contributed by atoms with van der Waals surface area (Å²) in [7, 11) is 0. The van der Waals surface area contributed by atoms with Gasteiger partial charge in [-0.1, -0.05) is 19.3 Å². The van der Waals surface area contributed by atoms with Gasteiger partial charge < -0.3 is 14.2 Å². The Morgan fingerprint density at radius 1 is 0.933 bits per heavy atom. The fourth-order valence-electron chi connectivity index (χ4n) is 6.42. The highest BCUT2D eigenvalue weighted by Crippen LogP contribution is 2.29.